The quantitative estimate of drug-likeness (QED) is 0.438. The Balaban J connectivity index is 3.30. The first kappa shape index (κ1) is 15.9. The van der Waals surface area contributed by atoms with Crippen LogP contribution in [0.2, 0.25) is 0 Å². The van der Waals surface area contributed by atoms with E-state index in [1.165, 1.54) is 0 Å². The SMILES string of the molecule is CCOC(=O)CCCNC(=O)COCCOC. The van der Waals surface area contributed by atoms with Gasteiger partial charge in [-0.25, -0.2) is 0 Å². The summed E-state index contributed by atoms with van der Waals surface area (Å²) in [5.74, 6) is -0.428. The third-order valence-corrected chi connectivity index (χ3v) is 1.85. The molecule has 0 rings (SSSR count). The number of nitrogens with one attached hydrogen (secondary N) is 1. The summed E-state index contributed by atoms with van der Waals surface area (Å²) in [7, 11) is 1.57. The summed E-state index contributed by atoms with van der Waals surface area (Å²) in [6.07, 6.45) is 0.890. The first-order valence-electron chi connectivity index (χ1n) is 5.69. The highest BCUT2D eigenvalue weighted by Gasteiger charge is 2.03. The van der Waals surface area contributed by atoms with Gasteiger partial charge in [0.15, 0.2) is 0 Å². The van der Waals surface area contributed by atoms with Crippen molar-refractivity contribution in [2.75, 3.05) is 40.1 Å². The monoisotopic (exact) mass is 247 g/mol. The second kappa shape index (κ2) is 11.3. The van der Waals surface area contributed by atoms with Crippen molar-refractivity contribution in [3.63, 3.8) is 0 Å². The van der Waals surface area contributed by atoms with E-state index in [2.05, 4.69) is 5.32 Å². The van der Waals surface area contributed by atoms with Crippen LogP contribution in [0.3, 0.4) is 0 Å². The average molecular weight is 247 g/mol. The molecule has 0 aliphatic rings. The molecule has 0 saturated heterocycles. The van der Waals surface area contributed by atoms with Gasteiger partial charge in [-0.2, -0.15) is 0 Å². The lowest BCUT2D eigenvalue weighted by atomic mass is 10.3. The standard InChI is InChI=1S/C11H21NO5/c1-3-17-11(14)5-4-6-12-10(13)9-16-8-7-15-2/h3-9H2,1-2H3,(H,12,13). The van der Waals surface area contributed by atoms with Gasteiger partial charge < -0.3 is 19.5 Å². The van der Waals surface area contributed by atoms with Crippen LogP contribution in [0.4, 0.5) is 0 Å². The summed E-state index contributed by atoms with van der Waals surface area (Å²) in [6, 6.07) is 0. The number of hydrogen-bond acceptors (Lipinski definition) is 5. The van der Waals surface area contributed by atoms with Crippen LogP contribution in [0.25, 0.3) is 0 Å². The van der Waals surface area contributed by atoms with E-state index in [0.29, 0.717) is 39.2 Å². The fourth-order valence-corrected chi connectivity index (χ4v) is 1.05. The Hall–Kier alpha value is -1.14. The van der Waals surface area contributed by atoms with Crippen LogP contribution in [-0.2, 0) is 23.8 Å². The third-order valence-electron chi connectivity index (χ3n) is 1.85. The normalized spacial score (nSPS) is 10.0. The van der Waals surface area contributed by atoms with Gasteiger partial charge in [0.1, 0.15) is 6.61 Å². The van der Waals surface area contributed by atoms with E-state index in [4.69, 9.17) is 14.2 Å². The second-order valence-electron chi connectivity index (χ2n) is 3.30. The maximum atomic E-state index is 11.2. The lowest BCUT2D eigenvalue weighted by Gasteiger charge is -2.05. The van der Waals surface area contributed by atoms with Crippen LogP contribution in [0.1, 0.15) is 19.8 Å². The lowest BCUT2D eigenvalue weighted by molar-refractivity contribution is -0.143. The van der Waals surface area contributed by atoms with E-state index >= 15 is 0 Å². The van der Waals surface area contributed by atoms with Crippen molar-refractivity contribution in [3.8, 4) is 0 Å². The number of ether oxygens (including phenoxy) is 3. The number of amides is 1. The molecule has 0 radical (unpaired) electrons. The molecular formula is C11H21NO5. The number of esters is 1. The van der Waals surface area contributed by atoms with Crippen LogP contribution in [0, 0.1) is 0 Å². The zero-order valence-corrected chi connectivity index (χ0v) is 10.5. The molecule has 0 aliphatic carbocycles. The van der Waals surface area contributed by atoms with E-state index in [0.717, 1.165) is 0 Å². The molecule has 0 bridgehead atoms. The fraction of sp³-hybridized carbons (Fsp3) is 0.818. The fourth-order valence-electron chi connectivity index (χ4n) is 1.05. The summed E-state index contributed by atoms with van der Waals surface area (Å²) in [4.78, 5) is 22.1. The van der Waals surface area contributed by atoms with Crippen LogP contribution < -0.4 is 5.32 Å². The van der Waals surface area contributed by atoms with Gasteiger partial charge in [0.25, 0.3) is 0 Å². The van der Waals surface area contributed by atoms with Crippen molar-refractivity contribution < 1.29 is 23.8 Å². The number of methoxy groups -OCH3 is 1. The molecule has 0 aromatic carbocycles. The summed E-state index contributed by atoms with van der Waals surface area (Å²) >= 11 is 0. The van der Waals surface area contributed by atoms with Crippen LogP contribution in [-0.4, -0.2) is 52.0 Å². The Labute approximate surface area is 102 Å². The molecule has 1 N–H and O–H groups in total. The van der Waals surface area contributed by atoms with E-state index in [1.807, 2.05) is 0 Å². The average Bonchev–Trinajstić information content (AvgIpc) is 2.31. The first-order valence-corrected chi connectivity index (χ1v) is 5.69. The van der Waals surface area contributed by atoms with Crippen LogP contribution in [0.5, 0.6) is 0 Å². The Morgan fingerprint density at radius 1 is 1.24 bits per heavy atom. The molecule has 100 valence electrons. The minimum absolute atomic E-state index is 0.0166. The largest absolute Gasteiger partial charge is 0.466 e. The van der Waals surface area contributed by atoms with Gasteiger partial charge in [0.05, 0.1) is 19.8 Å². The zero-order valence-electron chi connectivity index (χ0n) is 10.5. The smallest absolute Gasteiger partial charge is 0.305 e. The number of carbonyl (C=O) groups excluding carboxylic acids is 2. The van der Waals surface area contributed by atoms with Crippen LogP contribution in [0.15, 0.2) is 0 Å². The van der Waals surface area contributed by atoms with Gasteiger partial charge in [0, 0.05) is 20.1 Å². The van der Waals surface area contributed by atoms with Crippen molar-refractivity contribution in [3.05, 3.63) is 0 Å². The molecule has 6 nitrogen and oxygen atoms in total. The molecule has 0 saturated carbocycles. The molecule has 0 unspecified atom stereocenters. The molecule has 0 fully saturated rings. The van der Waals surface area contributed by atoms with Crippen molar-refractivity contribution in [2.45, 2.75) is 19.8 Å². The molecule has 17 heavy (non-hydrogen) atoms. The predicted octanol–water partition coefficient (Wildman–Crippen LogP) is 0.109. The highest BCUT2D eigenvalue weighted by molar-refractivity contribution is 5.77. The predicted molar refractivity (Wildman–Crippen MR) is 61.6 cm³/mol. The first-order chi connectivity index (χ1) is 8.20. The van der Waals surface area contributed by atoms with E-state index in [1.54, 1.807) is 14.0 Å². The van der Waals surface area contributed by atoms with Crippen molar-refractivity contribution in [1.29, 1.82) is 0 Å². The topological polar surface area (TPSA) is 73.9 Å². The Kier molecular flexibility index (Phi) is 10.6. The maximum Gasteiger partial charge on any atom is 0.305 e. The molecular weight excluding hydrogens is 226 g/mol. The van der Waals surface area contributed by atoms with Gasteiger partial charge in [-0.15, -0.1) is 0 Å². The molecule has 0 spiro atoms. The number of carbonyl (C=O) groups is 2. The van der Waals surface area contributed by atoms with Gasteiger partial charge in [0.2, 0.25) is 5.91 Å². The van der Waals surface area contributed by atoms with E-state index in [9.17, 15) is 9.59 Å². The zero-order chi connectivity index (χ0) is 12.9. The molecule has 0 aliphatic heterocycles. The third kappa shape index (κ3) is 11.1. The minimum Gasteiger partial charge on any atom is -0.466 e. The van der Waals surface area contributed by atoms with Crippen molar-refractivity contribution in [2.24, 2.45) is 0 Å². The summed E-state index contributed by atoms with van der Waals surface area (Å²) in [5.41, 5.74) is 0. The lowest BCUT2D eigenvalue weighted by Crippen LogP contribution is -2.29. The Morgan fingerprint density at radius 3 is 2.65 bits per heavy atom. The maximum absolute atomic E-state index is 11.2. The molecule has 1 amide bonds. The highest BCUT2D eigenvalue weighted by Crippen LogP contribution is 1.91. The van der Waals surface area contributed by atoms with Gasteiger partial charge in [-0.05, 0) is 13.3 Å². The second-order valence-corrected chi connectivity index (χ2v) is 3.30. The summed E-state index contributed by atoms with van der Waals surface area (Å²) in [5, 5.41) is 2.64. The minimum atomic E-state index is -0.238. The number of hydrogen-bond donors (Lipinski definition) is 1. The molecule has 0 aromatic rings. The van der Waals surface area contributed by atoms with Crippen molar-refractivity contribution >= 4 is 11.9 Å². The number of rotatable bonds is 10. The summed E-state index contributed by atoms with van der Waals surface area (Å²) < 4.78 is 14.5. The van der Waals surface area contributed by atoms with Gasteiger partial charge in [-0.1, -0.05) is 0 Å². The van der Waals surface area contributed by atoms with E-state index < -0.39 is 0 Å². The van der Waals surface area contributed by atoms with E-state index in [-0.39, 0.29) is 18.5 Å². The highest BCUT2D eigenvalue weighted by atomic mass is 16.5. The van der Waals surface area contributed by atoms with Gasteiger partial charge >= 0.3 is 5.97 Å². The Morgan fingerprint density at radius 2 is 2.00 bits per heavy atom. The Bertz CT molecular complexity index is 220. The molecule has 0 heterocycles. The van der Waals surface area contributed by atoms with Crippen LogP contribution >= 0.6 is 0 Å². The summed E-state index contributed by atoms with van der Waals surface area (Å²) in [6.45, 7) is 3.48. The molecule has 6 heteroatoms. The van der Waals surface area contributed by atoms with Gasteiger partial charge in [-0.3, -0.25) is 9.59 Å². The molecule has 0 atom stereocenters. The molecule has 0 aromatic heterocycles. The van der Waals surface area contributed by atoms with Crippen molar-refractivity contribution in [1.82, 2.24) is 5.32 Å².